The van der Waals surface area contributed by atoms with E-state index in [1.54, 1.807) is 0 Å². The normalized spacial score (nSPS) is 28.0. The third kappa shape index (κ3) is 1.79. The van der Waals surface area contributed by atoms with Crippen molar-refractivity contribution in [2.45, 2.75) is 43.0 Å². The van der Waals surface area contributed by atoms with Gasteiger partial charge in [0, 0.05) is 0 Å². The molecule has 0 amide bonds. The standard InChI is InChI=1S/C19H20O2/c20-19(15-9-3-1-4-10-15,16-11-5-2-6-12-16)18-14-8-7-13-17(18)21-18/h1-6,9-12,17,20H,7-8,13-14H2/t17-,18+/m0/s1. The molecule has 4 rings (SSSR count). The maximum absolute atomic E-state index is 11.8. The highest BCUT2D eigenvalue weighted by Crippen LogP contribution is 2.59. The first-order chi connectivity index (χ1) is 10.3. The number of fused-ring (bicyclic) bond motifs is 1. The van der Waals surface area contributed by atoms with Gasteiger partial charge in [0.15, 0.2) is 0 Å². The summed E-state index contributed by atoms with van der Waals surface area (Å²) in [6.45, 7) is 0. The Balaban J connectivity index is 1.88. The largest absolute Gasteiger partial charge is 0.377 e. The molecule has 1 N–H and O–H groups in total. The minimum Gasteiger partial charge on any atom is -0.377 e. The SMILES string of the molecule is OC(c1ccccc1)(c1ccccc1)[C@@]12CCCC[C@@H]1O2. The Morgan fingerprint density at radius 2 is 1.48 bits per heavy atom. The smallest absolute Gasteiger partial charge is 0.146 e. The van der Waals surface area contributed by atoms with E-state index in [9.17, 15) is 5.11 Å². The third-order valence-corrected chi connectivity index (χ3v) is 5.08. The van der Waals surface area contributed by atoms with Crippen LogP contribution in [0.4, 0.5) is 0 Å². The Kier molecular flexibility index (Phi) is 2.91. The molecule has 1 saturated carbocycles. The van der Waals surface area contributed by atoms with Crippen LogP contribution in [-0.2, 0) is 10.3 Å². The second kappa shape index (κ2) is 4.69. The highest BCUT2D eigenvalue weighted by Gasteiger charge is 2.69. The van der Waals surface area contributed by atoms with Gasteiger partial charge in [-0.3, -0.25) is 0 Å². The van der Waals surface area contributed by atoms with Gasteiger partial charge in [0.1, 0.15) is 11.2 Å². The molecule has 21 heavy (non-hydrogen) atoms. The topological polar surface area (TPSA) is 32.8 Å². The first-order valence-electron chi connectivity index (χ1n) is 7.79. The van der Waals surface area contributed by atoms with Crippen molar-refractivity contribution in [2.75, 3.05) is 0 Å². The fourth-order valence-corrected chi connectivity index (χ4v) is 3.96. The monoisotopic (exact) mass is 280 g/mol. The molecule has 2 heteroatoms. The Hall–Kier alpha value is -1.64. The summed E-state index contributed by atoms with van der Waals surface area (Å²) >= 11 is 0. The van der Waals surface area contributed by atoms with E-state index in [1.165, 1.54) is 6.42 Å². The lowest BCUT2D eigenvalue weighted by Gasteiger charge is -2.37. The number of rotatable bonds is 3. The van der Waals surface area contributed by atoms with Crippen molar-refractivity contribution in [2.24, 2.45) is 0 Å². The van der Waals surface area contributed by atoms with Crippen molar-refractivity contribution in [3.63, 3.8) is 0 Å². The predicted molar refractivity (Wildman–Crippen MR) is 82.0 cm³/mol. The summed E-state index contributed by atoms with van der Waals surface area (Å²) in [5.74, 6) is 0. The van der Waals surface area contributed by atoms with Crippen molar-refractivity contribution in [1.29, 1.82) is 0 Å². The maximum Gasteiger partial charge on any atom is 0.146 e. The summed E-state index contributed by atoms with van der Waals surface area (Å²) in [5, 5.41) is 11.8. The number of ether oxygens (including phenoxy) is 1. The number of aliphatic hydroxyl groups is 1. The molecular weight excluding hydrogens is 260 g/mol. The second-order valence-electron chi connectivity index (χ2n) is 6.18. The summed E-state index contributed by atoms with van der Waals surface area (Å²) in [7, 11) is 0. The van der Waals surface area contributed by atoms with Crippen molar-refractivity contribution >= 4 is 0 Å². The molecule has 1 aliphatic carbocycles. The van der Waals surface area contributed by atoms with Gasteiger partial charge < -0.3 is 9.84 Å². The Labute approximate surface area is 125 Å². The van der Waals surface area contributed by atoms with Gasteiger partial charge in [-0.1, -0.05) is 73.5 Å². The molecule has 2 aromatic carbocycles. The zero-order chi connectivity index (χ0) is 14.3. The van der Waals surface area contributed by atoms with Crippen LogP contribution in [0, 0.1) is 0 Å². The van der Waals surface area contributed by atoms with E-state index in [1.807, 2.05) is 60.7 Å². The van der Waals surface area contributed by atoms with E-state index >= 15 is 0 Å². The molecule has 0 bridgehead atoms. The lowest BCUT2D eigenvalue weighted by Crippen LogP contribution is -2.46. The average molecular weight is 280 g/mol. The van der Waals surface area contributed by atoms with E-state index in [0.29, 0.717) is 0 Å². The Morgan fingerprint density at radius 3 is 2.00 bits per heavy atom. The molecule has 2 aliphatic rings. The molecular formula is C19H20O2. The van der Waals surface area contributed by atoms with Gasteiger partial charge in [0.05, 0.1) is 6.10 Å². The van der Waals surface area contributed by atoms with Crippen LogP contribution in [0.2, 0.25) is 0 Å². The van der Waals surface area contributed by atoms with Crippen LogP contribution < -0.4 is 0 Å². The molecule has 0 radical (unpaired) electrons. The minimum atomic E-state index is -1.05. The van der Waals surface area contributed by atoms with Crippen LogP contribution in [-0.4, -0.2) is 16.8 Å². The van der Waals surface area contributed by atoms with Gasteiger partial charge in [0.25, 0.3) is 0 Å². The lowest BCUT2D eigenvalue weighted by molar-refractivity contribution is -0.0136. The quantitative estimate of drug-likeness (QED) is 0.871. The van der Waals surface area contributed by atoms with Crippen molar-refractivity contribution in [3.8, 4) is 0 Å². The van der Waals surface area contributed by atoms with Gasteiger partial charge in [0.2, 0.25) is 0 Å². The van der Waals surface area contributed by atoms with Gasteiger partial charge in [-0.05, 0) is 24.0 Å². The van der Waals surface area contributed by atoms with Crippen molar-refractivity contribution < 1.29 is 9.84 Å². The zero-order valence-electron chi connectivity index (χ0n) is 12.0. The number of benzene rings is 2. The highest BCUT2D eigenvalue weighted by molar-refractivity contribution is 5.43. The maximum atomic E-state index is 11.8. The Morgan fingerprint density at radius 1 is 0.905 bits per heavy atom. The van der Waals surface area contributed by atoms with Crippen LogP contribution in [0.25, 0.3) is 0 Å². The lowest BCUT2D eigenvalue weighted by atomic mass is 9.69. The summed E-state index contributed by atoms with van der Waals surface area (Å²) in [5.41, 5.74) is 0.371. The van der Waals surface area contributed by atoms with Gasteiger partial charge >= 0.3 is 0 Å². The molecule has 2 aromatic rings. The van der Waals surface area contributed by atoms with E-state index in [4.69, 9.17) is 4.74 Å². The molecule has 2 nitrogen and oxygen atoms in total. The third-order valence-electron chi connectivity index (χ3n) is 5.08. The van der Waals surface area contributed by atoms with Crippen LogP contribution >= 0.6 is 0 Å². The van der Waals surface area contributed by atoms with E-state index in [-0.39, 0.29) is 6.10 Å². The summed E-state index contributed by atoms with van der Waals surface area (Å²) in [6.07, 6.45) is 4.50. The van der Waals surface area contributed by atoms with E-state index < -0.39 is 11.2 Å². The molecule has 108 valence electrons. The average Bonchev–Trinajstić information content (AvgIpc) is 3.32. The number of hydrogen-bond donors (Lipinski definition) is 1. The van der Waals surface area contributed by atoms with Crippen LogP contribution in [0.5, 0.6) is 0 Å². The van der Waals surface area contributed by atoms with Crippen LogP contribution in [0.3, 0.4) is 0 Å². The van der Waals surface area contributed by atoms with E-state index in [0.717, 1.165) is 30.4 Å². The van der Waals surface area contributed by atoms with Crippen molar-refractivity contribution in [1.82, 2.24) is 0 Å². The molecule has 0 unspecified atom stereocenters. The fraction of sp³-hybridized carbons (Fsp3) is 0.368. The summed E-state index contributed by atoms with van der Waals surface area (Å²) in [6, 6.07) is 20.0. The van der Waals surface area contributed by atoms with E-state index in [2.05, 4.69) is 0 Å². The van der Waals surface area contributed by atoms with Gasteiger partial charge in [-0.2, -0.15) is 0 Å². The van der Waals surface area contributed by atoms with Crippen LogP contribution in [0.1, 0.15) is 36.8 Å². The minimum absolute atomic E-state index is 0.191. The molecule has 0 aromatic heterocycles. The number of epoxide rings is 1. The first kappa shape index (κ1) is 13.1. The molecule has 2 fully saturated rings. The Bertz CT molecular complexity index is 583. The second-order valence-corrected chi connectivity index (χ2v) is 6.18. The molecule has 1 saturated heterocycles. The van der Waals surface area contributed by atoms with Gasteiger partial charge in [-0.25, -0.2) is 0 Å². The molecule has 1 aliphatic heterocycles. The first-order valence-corrected chi connectivity index (χ1v) is 7.79. The van der Waals surface area contributed by atoms with Gasteiger partial charge in [-0.15, -0.1) is 0 Å². The summed E-state index contributed by atoms with van der Waals surface area (Å²) in [4.78, 5) is 0. The molecule has 0 spiro atoms. The van der Waals surface area contributed by atoms with Crippen LogP contribution in [0.15, 0.2) is 60.7 Å². The number of hydrogen-bond acceptors (Lipinski definition) is 2. The fourth-order valence-electron chi connectivity index (χ4n) is 3.96. The predicted octanol–water partition coefficient (Wildman–Crippen LogP) is 3.63. The summed E-state index contributed by atoms with van der Waals surface area (Å²) < 4.78 is 6.09. The zero-order valence-corrected chi connectivity index (χ0v) is 12.0. The molecule has 1 heterocycles. The highest BCUT2D eigenvalue weighted by atomic mass is 16.6. The molecule has 2 atom stereocenters. The van der Waals surface area contributed by atoms with Crippen molar-refractivity contribution in [3.05, 3.63) is 71.8 Å².